The Kier molecular flexibility index (Phi) is 20.8. The number of allylic oxidation sites excluding steroid dienone is 2. The van der Waals surface area contributed by atoms with E-state index >= 15 is 0 Å². The number of rotatable bonds is 5. The molecular weight excluding hydrogens is 304 g/mol. The highest BCUT2D eigenvalue weighted by Crippen LogP contribution is 1.77. The average Bonchev–Trinajstić information content (AvgIpc) is 2.54. The van der Waals surface area contributed by atoms with E-state index in [1.807, 2.05) is 0 Å². The van der Waals surface area contributed by atoms with Gasteiger partial charge in [-0.25, -0.2) is 19.2 Å². The molecule has 10 heteroatoms. The number of aliphatic hydroxyl groups excluding tert-OH is 4. The molecule has 0 aliphatic rings. The van der Waals surface area contributed by atoms with Gasteiger partial charge >= 0.3 is 23.9 Å². The molecule has 0 aliphatic carbocycles. The fraction of sp³-hybridized carbons (Fsp3) is 0.333. The number of esters is 4. The van der Waals surface area contributed by atoms with Crippen LogP contribution in [0.5, 0.6) is 0 Å². The lowest BCUT2D eigenvalue weighted by Gasteiger charge is -1.94. The van der Waals surface area contributed by atoms with Crippen molar-refractivity contribution in [1.82, 2.24) is 0 Å². The quantitative estimate of drug-likeness (QED) is 0.240. The molecule has 0 fully saturated rings. The highest BCUT2D eigenvalue weighted by molar-refractivity contribution is 5.86. The molecule has 0 spiro atoms. The van der Waals surface area contributed by atoms with Gasteiger partial charge < -0.3 is 29.9 Å². The van der Waals surface area contributed by atoms with Gasteiger partial charge in [0.25, 0.3) is 0 Å². The number of ether oxygens (including phenoxy) is 2. The van der Waals surface area contributed by atoms with E-state index in [0.29, 0.717) is 0 Å². The standard InChI is InChI=1S/2C4H6O5.C4H6/c2*5-1-3(7)9-4(8)2-6;1-3-4-2/h2*5-6H,1-2H2;3-4H,1-2H2. The zero-order valence-corrected chi connectivity index (χ0v) is 11.6. The van der Waals surface area contributed by atoms with Crippen LogP contribution in [0.4, 0.5) is 0 Å². The number of carbonyl (C=O) groups is 4. The highest BCUT2D eigenvalue weighted by atomic mass is 16.6. The van der Waals surface area contributed by atoms with Crippen molar-refractivity contribution in [2.24, 2.45) is 0 Å². The molecule has 0 aromatic carbocycles. The van der Waals surface area contributed by atoms with Gasteiger partial charge in [-0.05, 0) is 0 Å². The zero-order chi connectivity index (χ0) is 18.0. The van der Waals surface area contributed by atoms with Crippen LogP contribution in [0.25, 0.3) is 0 Å². The average molecular weight is 322 g/mol. The maximum atomic E-state index is 9.98. The minimum absolute atomic E-state index is 0.855. The van der Waals surface area contributed by atoms with Gasteiger partial charge in [0.2, 0.25) is 0 Å². The van der Waals surface area contributed by atoms with Crippen molar-refractivity contribution in [3.63, 3.8) is 0 Å². The first-order chi connectivity index (χ1) is 10.3. The van der Waals surface area contributed by atoms with Crippen LogP contribution >= 0.6 is 0 Å². The first-order valence-electron chi connectivity index (χ1n) is 5.46. The minimum Gasteiger partial charge on any atom is -0.390 e. The second kappa shape index (κ2) is 18.6. The van der Waals surface area contributed by atoms with Crippen LogP contribution in [0.3, 0.4) is 0 Å². The van der Waals surface area contributed by atoms with Crippen molar-refractivity contribution in [3.8, 4) is 0 Å². The van der Waals surface area contributed by atoms with Crippen molar-refractivity contribution in [1.29, 1.82) is 0 Å². The summed E-state index contributed by atoms with van der Waals surface area (Å²) >= 11 is 0. The first-order valence-corrected chi connectivity index (χ1v) is 5.46. The van der Waals surface area contributed by atoms with E-state index in [1.54, 1.807) is 12.2 Å². The first kappa shape index (κ1) is 24.6. The molecule has 0 radical (unpaired) electrons. The molecule has 0 heterocycles. The van der Waals surface area contributed by atoms with E-state index in [2.05, 4.69) is 22.6 Å². The molecule has 0 saturated heterocycles. The Bertz CT molecular complexity index is 310. The second-order valence-corrected chi connectivity index (χ2v) is 2.80. The summed E-state index contributed by atoms with van der Waals surface area (Å²) in [6.07, 6.45) is 3.28. The summed E-state index contributed by atoms with van der Waals surface area (Å²) in [6, 6.07) is 0. The van der Waals surface area contributed by atoms with Crippen molar-refractivity contribution < 1.29 is 49.1 Å². The van der Waals surface area contributed by atoms with Gasteiger partial charge in [-0.1, -0.05) is 25.3 Å². The zero-order valence-electron chi connectivity index (χ0n) is 11.6. The largest absolute Gasteiger partial charge is 0.390 e. The molecular formula is C12H18O10. The maximum Gasteiger partial charge on any atom is 0.339 e. The lowest BCUT2D eigenvalue weighted by atomic mass is 10.6. The minimum atomic E-state index is -1.06. The van der Waals surface area contributed by atoms with Crippen LogP contribution in [-0.2, 0) is 28.7 Å². The van der Waals surface area contributed by atoms with Gasteiger partial charge in [-0.3, -0.25) is 0 Å². The molecule has 126 valence electrons. The number of aliphatic hydroxyl groups is 4. The van der Waals surface area contributed by atoms with Gasteiger partial charge in [-0.15, -0.1) is 0 Å². The van der Waals surface area contributed by atoms with Gasteiger partial charge in [-0.2, -0.15) is 0 Å². The van der Waals surface area contributed by atoms with Gasteiger partial charge in [0.05, 0.1) is 0 Å². The molecule has 0 bridgehead atoms. The highest BCUT2D eigenvalue weighted by Gasteiger charge is 2.06. The Morgan fingerprint density at radius 1 is 0.636 bits per heavy atom. The maximum absolute atomic E-state index is 9.98. The summed E-state index contributed by atoms with van der Waals surface area (Å²) in [5.41, 5.74) is 0. The molecule has 0 aromatic rings. The summed E-state index contributed by atoms with van der Waals surface area (Å²) in [6.45, 7) is 3.30. The molecule has 4 N–H and O–H groups in total. The smallest absolute Gasteiger partial charge is 0.339 e. The van der Waals surface area contributed by atoms with Gasteiger partial charge in [0.1, 0.15) is 26.4 Å². The number of hydrogen-bond acceptors (Lipinski definition) is 10. The van der Waals surface area contributed by atoms with E-state index < -0.39 is 50.3 Å². The molecule has 0 rings (SSSR count). The van der Waals surface area contributed by atoms with Crippen LogP contribution in [0.2, 0.25) is 0 Å². The lowest BCUT2D eigenvalue weighted by Crippen LogP contribution is -2.17. The van der Waals surface area contributed by atoms with Gasteiger partial charge in [0, 0.05) is 0 Å². The van der Waals surface area contributed by atoms with Crippen LogP contribution in [-0.4, -0.2) is 70.7 Å². The van der Waals surface area contributed by atoms with Crippen molar-refractivity contribution in [3.05, 3.63) is 25.3 Å². The Hall–Kier alpha value is -2.40. The summed E-state index contributed by atoms with van der Waals surface area (Å²) in [5.74, 6) is -4.24. The summed E-state index contributed by atoms with van der Waals surface area (Å²) in [5, 5.41) is 31.9. The fourth-order valence-electron chi connectivity index (χ4n) is 0.383. The normalized spacial score (nSPS) is 8.00. The van der Waals surface area contributed by atoms with E-state index in [1.165, 1.54) is 0 Å². The Morgan fingerprint density at radius 2 is 0.818 bits per heavy atom. The van der Waals surface area contributed by atoms with Crippen molar-refractivity contribution in [2.75, 3.05) is 26.4 Å². The van der Waals surface area contributed by atoms with Crippen LogP contribution in [0.1, 0.15) is 0 Å². The van der Waals surface area contributed by atoms with E-state index in [9.17, 15) is 19.2 Å². The van der Waals surface area contributed by atoms with E-state index in [0.717, 1.165) is 0 Å². The van der Waals surface area contributed by atoms with E-state index in [4.69, 9.17) is 20.4 Å². The Balaban J connectivity index is -0.000000266. The molecule has 0 aliphatic heterocycles. The summed E-state index contributed by atoms with van der Waals surface area (Å²) in [4.78, 5) is 39.9. The molecule has 0 saturated carbocycles. The molecule has 0 unspecified atom stereocenters. The molecule has 0 aromatic heterocycles. The van der Waals surface area contributed by atoms with Crippen molar-refractivity contribution in [2.45, 2.75) is 0 Å². The second-order valence-electron chi connectivity index (χ2n) is 2.80. The van der Waals surface area contributed by atoms with Crippen LogP contribution in [0, 0.1) is 0 Å². The third kappa shape index (κ3) is 22.8. The van der Waals surface area contributed by atoms with Crippen LogP contribution in [0.15, 0.2) is 25.3 Å². The number of carbonyl (C=O) groups excluding carboxylic acids is 4. The predicted octanol–water partition coefficient (Wildman–Crippen LogP) is -2.56. The summed E-state index contributed by atoms with van der Waals surface area (Å²) < 4.78 is 7.54. The van der Waals surface area contributed by atoms with Crippen LogP contribution < -0.4 is 0 Å². The molecule has 10 nitrogen and oxygen atoms in total. The van der Waals surface area contributed by atoms with Crippen molar-refractivity contribution >= 4 is 23.9 Å². The van der Waals surface area contributed by atoms with E-state index in [-0.39, 0.29) is 0 Å². The summed E-state index contributed by atoms with van der Waals surface area (Å²) in [7, 11) is 0. The number of hydrogen-bond donors (Lipinski definition) is 4. The Labute approximate surface area is 125 Å². The fourth-order valence-corrected chi connectivity index (χ4v) is 0.383. The third-order valence-electron chi connectivity index (χ3n) is 1.14. The third-order valence-corrected chi connectivity index (χ3v) is 1.14. The topological polar surface area (TPSA) is 168 Å². The Morgan fingerprint density at radius 3 is 0.909 bits per heavy atom. The lowest BCUT2D eigenvalue weighted by molar-refractivity contribution is -0.165. The molecule has 0 amide bonds. The van der Waals surface area contributed by atoms with Gasteiger partial charge in [0.15, 0.2) is 0 Å². The predicted molar refractivity (Wildman–Crippen MR) is 70.9 cm³/mol. The molecule has 0 atom stereocenters. The molecule has 22 heavy (non-hydrogen) atoms. The SMILES string of the molecule is C=CC=C.O=C(CO)OC(=O)CO.O=C(CO)OC(=O)CO. The monoisotopic (exact) mass is 322 g/mol.